The number of imidazole rings is 1. The largest absolute Gasteiger partial charge is 0.347 e. The Labute approximate surface area is 117 Å². The van der Waals surface area contributed by atoms with Crippen molar-refractivity contribution in [2.75, 3.05) is 6.26 Å². The lowest BCUT2D eigenvalue weighted by Gasteiger charge is -2.08. The summed E-state index contributed by atoms with van der Waals surface area (Å²) in [5, 5.41) is 2.69. The molecule has 0 radical (unpaired) electrons. The lowest BCUT2D eigenvalue weighted by atomic mass is 10.1. The second-order valence-corrected chi connectivity index (χ2v) is 6.48. The molecule has 1 aromatic heterocycles. The van der Waals surface area contributed by atoms with Gasteiger partial charge in [-0.1, -0.05) is 6.07 Å². The van der Waals surface area contributed by atoms with Crippen molar-refractivity contribution in [2.45, 2.75) is 18.4 Å². The van der Waals surface area contributed by atoms with Gasteiger partial charge in [-0.25, -0.2) is 13.4 Å². The van der Waals surface area contributed by atoms with Crippen LogP contribution < -0.4 is 5.32 Å². The number of hydrogen-bond donors (Lipinski definition) is 2. The molecule has 2 aromatic rings. The first-order valence-electron chi connectivity index (χ1n) is 5.95. The number of aromatic nitrogens is 2. The summed E-state index contributed by atoms with van der Waals surface area (Å²) >= 11 is 0. The number of rotatable bonds is 4. The first-order valence-corrected chi connectivity index (χ1v) is 7.84. The Morgan fingerprint density at radius 2 is 2.15 bits per heavy atom. The van der Waals surface area contributed by atoms with E-state index in [-0.39, 0.29) is 17.3 Å². The SMILES string of the molecule is Cc1ccc(S(C)(=O)=O)cc1C(=O)NCc1ncc[nH]1. The number of H-pyrrole nitrogens is 1. The maximum Gasteiger partial charge on any atom is 0.251 e. The van der Waals surface area contributed by atoms with Crippen LogP contribution in [0.25, 0.3) is 0 Å². The van der Waals surface area contributed by atoms with E-state index in [0.717, 1.165) is 6.26 Å². The summed E-state index contributed by atoms with van der Waals surface area (Å²) < 4.78 is 23.0. The Morgan fingerprint density at radius 3 is 2.75 bits per heavy atom. The van der Waals surface area contributed by atoms with Gasteiger partial charge in [-0.05, 0) is 24.6 Å². The number of sulfone groups is 1. The van der Waals surface area contributed by atoms with Crippen molar-refractivity contribution in [3.8, 4) is 0 Å². The van der Waals surface area contributed by atoms with Crippen LogP contribution in [0.5, 0.6) is 0 Å². The van der Waals surface area contributed by atoms with Crippen molar-refractivity contribution in [3.05, 3.63) is 47.5 Å². The highest BCUT2D eigenvalue weighted by Gasteiger charge is 2.14. The fourth-order valence-electron chi connectivity index (χ4n) is 1.73. The van der Waals surface area contributed by atoms with E-state index in [9.17, 15) is 13.2 Å². The number of nitrogens with zero attached hydrogens (tertiary/aromatic N) is 1. The molecule has 7 heteroatoms. The van der Waals surface area contributed by atoms with E-state index in [1.54, 1.807) is 25.4 Å². The number of carbonyl (C=O) groups is 1. The standard InChI is InChI=1S/C13H15N3O3S/c1-9-3-4-10(20(2,18)19)7-11(9)13(17)16-8-12-14-5-6-15-12/h3-7H,8H2,1-2H3,(H,14,15)(H,16,17). The molecular formula is C13H15N3O3S. The van der Waals surface area contributed by atoms with Crippen molar-refractivity contribution in [3.63, 3.8) is 0 Å². The highest BCUT2D eigenvalue weighted by Crippen LogP contribution is 2.15. The zero-order valence-electron chi connectivity index (χ0n) is 11.2. The van der Waals surface area contributed by atoms with Gasteiger partial charge in [0.1, 0.15) is 5.82 Å². The molecular weight excluding hydrogens is 278 g/mol. The fraction of sp³-hybridized carbons (Fsp3) is 0.231. The molecule has 0 saturated heterocycles. The van der Waals surface area contributed by atoms with Crippen LogP contribution in [-0.4, -0.2) is 30.5 Å². The average molecular weight is 293 g/mol. The average Bonchev–Trinajstić information content (AvgIpc) is 2.88. The number of benzene rings is 1. The lowest BCUT2D eigenvalue weighted by Crippen LogP contribution is -2.24. The van der Waals surface area contributed by atoms with Gasteiger partial charge >= 0.3 is 0 Å². The van der Waals surface area contributed by atoms with Crippen molar-refractivity contribution >= 4 is 15.7 Å². The number of carbonyl (C=O) groups excluding carboxylic acids is 1. The smallest absolute Gasteiger partial charge is 0.251 e. The van der Waals surface area contributed by atoms with Crippen LogP contribution in [-0.2, 0) is 16.4 Å². The van der Waals surface area contributed by atoms with Crippen molar-refractivity contribution < 1.29 is 13.2 Å². The molecule has 20 heavy (non-hydrogen) atoms. The number of nitrogens with one attached hydrogen (secondary N) is 2. The van der Waals surface area contributed by atoms with Gasteiger partial charge < -0.3 is 10.3 Å². The molecule has 0 aliphatic heterocycles. The van der Waals surface area contributed by atoms with Gasteiger partial charge in [0, 0.05) is 24.2 Å². The Kier molecular flexibility index (Phi) is 3.89. The zero-order chi connectivity index (χ0) is 14.8. The molecule has 0 unspecified atom stereocenters. The third kappa shape index (κ3) is 3.24. The third-order valence-corrected chi connectivity index (χ3v) is 3.96. The highest BCUT2D eigenvalue weighted by molar-refractivity contribution is 7.90. The van der Waals surface area contributed by atoms with Crippen LogP contribution in [0.2, 0.25) is 0 Å². The van der Waals surface area contributed by atoms with E-state index < -0.39 is 9.84 Å². The van der Waals surface area contributed by atoms with E-state index in [1.807, 2.05) is 0 Å². The second-order valence-electron chi connectivity index (χ2n) is 4.47. The quantitative estimate of drug-likeness (QED) is 0.881. The van der Waals surface area contributed by atoms with Crippen molar-refractivity contribution in [2.24, 2.45) is 0 Å². The number of amides is 1. The summed E-state index contributed by atoms with van der Waals surface area (Å²) in [7, 11) is -3.33. The normalized spacial score (nSPS) is 11.3. The van der Waals surface area contributed by atoms with Gasteiger partial charge in [0.15, 0.2) is 9.84 Å². The van der Waals surface area contributed by atoms with Crippen LogP contribution in [0.4, 0.5) is 0 Å². The van der Waals surface area contributed by atoms with Gasteiger partial charge in [-0.15, -0.1) is 0 Å². The van der Waals surface area contributed by atoms with E-state index in [0.29, 0.717) is 17.0 Å². The Hall–Kier alpha value is -2.15. The first-order chi connectivity index (χ1) is 9.38. The van der Waals surface area contributed by atoms with E-state index in [1.165, 1.54) is 12.1 Å². The minimum Gasteiger partial charge on any atom is -0.347 e. The number of aromatic amines is 1. The van der Waals surface area contributed by atoms with Crippen molar-refractivity contribution in [1.82, 2.24) is 15.3 Å². The van der Waals surface area contributed by atoms with Crippen LogP contribution in [0, 0.1) is 6.92 Å². The summed E-state index contributed by atoms with van der Waals surface area (Å²) in [5.74, 6) is 0.305. The van der Waals surface area contributed by atoms with E-state index >= 15 is 0 Å². The van der Waals surface area contributed by atoms with Gasteiger partial charge in [0.2, 0.25) is 0 Å². The zero-order valence-corrected chi connectivity index (χ0v) is 12.0. The molecule has 106 valence electrons. The molecule has 0 aliphatic carbocycles. The van der Waals surface area contributed by atoms with Crippen LogP contribution in [0.1, 0.15) is 21.7 Å². The monoisotopic (exact) mass is 293 g/mol. The third-order valence-electron chi connectivity index (χ3n) is 2.85. The van der Waals surface area contributed by atoms with Gasteiger partial charge in [-0.2, -0.15) is 0 Å². The number of aryl methyl sites for hydroxylation is 1. The number of hydrogen-bond acceptors (Lipinski definition) is 4. The highest BCUT2D eigenvalue weighted by atomic mass is 32.2. The Balaban J connectivity index is 2.21. The summed E-state index contributed by atoms with van der Waals surface area (Å²) in [6.07, 6.45) is 4.37. The molecule has 0 aliphatic rings. The Morgan fingerprint density at radius 1 is 1.40 bits per heavy atom. The predicted octanol–water partition coefficient (Wildman–Crippen LogP) is 1.05. The molecule has 0 fully saturated rings. The van der Waals surface area contributed by atoms with Crippen molar-refractivity contribution in [1.29, 1.82) is 0 Å². The minimum atomic E-state index is -3.33. The molecule has 1 aromatic carbocycles. The summed E-state index contributed by atoms with van der Waals surface area (Å²) in [5.41, 5.74) is 1.06. The molecule has 2 N–H and O–H groups in total. The van der Waals surface area contributed by atoms with Crippen LogP contribution >= 0.6 is 0 Å². The molecule has 2 rings (SSSR count). The molecule has 6 nitrogen and oxygen atoms in total. The molecule has 0 saturated carbocycles. The fourth-order valence-corrected chi connectivity index (χ4v) is 2.38. The topological polar surface area (TPSA) is 91.9 Å². The van der Waals surface area contributed by atoms with Gasteiger partial charge in [-0.3, -0.25) is 4.79 Å². The van der Waals surface area contributed by atoms with Crippen LogP contribution in [0.15, 0.2) is 35.5 Å². The Bertz CT molecular complexity index is 721. The summed E-state index contributed by atoms with van der Waals surface area (Å²) in [6.45, 7) is 2.02. The molecule has 1 amide bonds. The predicted molar refractivity (Wildman–Crippen MR) is 74.0 cm³/mol. The van der Waals surface area contributed by atoms with E-state index in [4.69, 9.17) is 0 Å². The molecule has 1 heterocycles. The molecule has 0 spiro atoms. The van der Waals surface area contributed by atoms with Gasteiger partial charge in [0.05, 0.1) is 11.4 Å². The van der Waals surface area contributed by atoms with E-state index in [2.05, 4.69) is 15.3 Å². The molecule has 0 bridgehead atoms. The lowest BCUT2D eigenvalue weighted by molar-refractivity contribution is 0.0949. The maximum atomic E-state index is 12.1. The van der Waals surface area contributed by atoms with Crippen LogP contribution in [0.3, 0.4) is 0 Å². The first kappa shape index (κ1) is 14.3. The second kappa shape index (κ2) is 5.46. The molecule has 0 atom stereocenters. The maximum absolute atomic E-state index is 12.1. The van der Waals surface area contributed by atoms with Gasteiger partial charge in [0.25, 0.3) is 5.91 Å². The summed E-state index contributed by atoms with van der Waals surface area (Å²) in [6, 6.07) is 4.51. The summed E-state index contributed by atoms with van der Waals surface area (Å²) in [4.78, 5) is 19.1. The minimum absolute atomic E-state index is 0.131.